The van der Waals surface area contributed by atoms with E-state index < -0.39 is 48.2 Å². The molecule has 30 heavy (non-hydrogen) atoms. The third-order valence-electron chi connectivity index (χ3n) is 4.38. The number of imide groups is 1. The van der Waals surface area contributed by atoms with E-state index in [9.17, 15) is 28.8 Å². The van der Waals surface area contributed by atoms with E-state index >= 15 is 0 Å². The molecule has 0 radical (unpaired) electrons. The van der Waals surface area contributed by atoms with Crippen LogP contribution in [0.25, 0.3) is 0 Å². The van der Waals surface area contributed by atoms with Gasteiger partial charge in [-0.25, -0.2) is 0 Å². The summed E-state index contributed by atoms with van der Waals surface area (Å²) in [5, 5.41) is 4.61. The minimum absolute atomic E-state index is 0.142. The summed E-state index contributed by atoms with van der Waals surface area (Å²) in [5.74, 6) is -4.11. The van der Waals surface area contributed by atoms with Gasteiger partial charge in [-0.2, -0.15) is 0 Å². The second-order valence-electron chi connectivity index (χ2n) is 6.23. The maximum Gasteiger partial charge on any atom is 0.325 e. The number of amides is 4. The van der Waals surface area contributed by atoms with Crippen molar-refractivity contribution < 1.29 is 38.2 Å². The SMILES string of the molecule is COC(=O)CNC(=O)CC[C@@H](C(=O)NCC(=O)OC)N1C(=O)c2ccccc2C1=O. The maximum absolute atomic E-state index is 12.7. The minimum atomic E-state index is -1.34. The molecule has 1 heterocycles. The molecule has 0 fully saturated rings. The summed E-state index contributed by atoms with van der Waals surface area (Å²) < 4.78 is 8.87. The summed E-state index contributed by atoms with van der Waals surface area (Å²) in [4.78, 5) is 73.3. The van der Waals surface area contributed by atoms with Gasteiger partial charge in [0.2, 0.25) is 11.8 Å². The van der Waals surface area contributed by atoms with E-state index in [4.69, 9.17) is 0 Å². The molecule has 0 aliphatic carbocycles. The van der Waals surface area contributed by atoms with Crippen LogP contribution < -0.4 is 10.6 Å². The summed E-state index contributed by atoms with van der Waals surface area (Å²) in [6.45, 7) is -0.828. The number of carbonyl (C=O) groups excluding carboxylic acids is 6. The number of nitrogens with one attached hydrogen (secondary N) is 2. The lowest BCUT2D eigenvalue weighted by Crippen LogP contribution is -2.51. The largest absolute Gasteiger partial charge is 0.468 e. The molecule has 2 rings (SSSR count). The fraction of sp³-hybridized carbons (Fsp3) is 0.368. The highest BCUT2D eigenvalue weighted by molar-refractivity contribution is 6.22. The third-order valence-corrected chi connectivity index (χ3v) is 4.38. The first kappa shape index (κ1) is 22.5. The van der Waals surface area contributed by atoms with Gasteiger partial charge in [-0.3, -0.25) is 33.7 Å². The van der Waals surface area contributed by atoms with Crippen molar-refractivity contribution in [3.63, 3.8) is 0 Å². The number of hydrogen-bond donors (Lipinski definition) is 2. The molecule has 1 aromatic rings. The van der Waals surface area contributed by atoms with Gasteiger partial charge in [-0.05, 0) is 18.6 Å². The number of esters is 2. The van der Waals surface area contributed by atoms with Crippen molar-refractivity contribution in [3.05, 3.63) is 35.4 Å². The molecule has 0 aromatic heterocycles. The van der Waals surface area contributed by atoms with E-state index in [-0.39, 0.29) is 30.5 Å². The Hall–Kier alpha value is -3.76. The normalized spacial score (nSPS) is 13.3. The molecule has 0 spiro atoms. The zero-order chi connectivity index (χ0) is 22.3. The molecule has 2 N–H and O–H groups in total. The molecule has 0 bridgehead atoms. The van der Waals surface area contributed by atoms with Crippen molar-refractivity contribution in [1.82, 2.24) is 15.5 Å². The highest BCUT2D eigenvalue weighted by Gasteiger charge is 2.42. The van der Waals surface area contributed by atoms with Gasteiger partial charge in [-0.15, -0.1) is 0 Å². The predicted octanol–water partition coefficient (Wildman–Crippen LogP) is -0.990. The summed E-state index contributed by atoms with van der Waals surface area (Å²) in [6.07, 6.45) is -0.480. The van der Waals surface area contributed by atoms with E-state index in [1.54, 1.807) is 12.1 Å². The summed E-state index contributed by atoms with van der Waals surface area (Å²) in [7, 11) is 2.31. The monoisotopic (exact) mass is 419 g/mol. The number of benzene rings is 1. The van der Waals surface area contributed by atoms with Crippen molar-refractivity contribution in [2.75, 3.05) is 27.3 Å². The molecule has 11 nitrogen and oxygen atoms in total. The Balaban J connectivity index is 2.16. The van der Waals surface area contributed by atoms with Crippen molar-refractivity contribution >= 4 is 35.6 Å². The van der Waals surface area contributed by atoms with Crippen molar-refractivity contribution in [1.29, 1.82) is 0 Å². The van der Waals surface area contributed by atoms with Gasteiger partial charge in [-0.1, -0.05) is 12.1 Å². The Morgan fingerprint density at radius 1 is 0.900 bits per heavy atom. The molecule has 1 atom stereocenters. The van der Waals surface area contributed by atoms with Crippen LogP contribution in [0.5, 0.6) is 0 Å². The Labute approximate surface area is 171 Å². The third kappa shape index (κ3) is 5.19. The van der Waals surface area contributed by atoms with Gasteiger partial charge in [0.25, 0.3) is 11.8 Å². The molecule has 4 amide bonds. The van der Waals surface area contributed by atoms with Crippen LogP contribution in [0.4, 0.5) is 0 Å². The van der Waals surface area contributed by atoms with Crippen LogP contribution in [0.3, 0.4) is 0 Å². The summed E-state index contributed by atoms with van der Waals surface area (Å²) >= 11 is 0. The smallest absolute Gasteiger partial charge is 0.325 e. The number of hydrogen-bond acceptors (Lipinski definition) is 8. The van der Waals surface area contributed by atoms with Crippen LogP contribution in [0.1, 0.15) is 33.6 Å². The van der Waals surface area contributed by atoms with Crippen LogP contribution in [0.15, 0.2) is 24.3 Å². The standard InChI is InChI=1S/C19H21N3O8/c1-29-15(24)9-20-14(23)8-7-13(17(26)21-10-16(25)30-2)22-18(27)11-5-3-4-6-12(11)19(22)28/h3-6,13H,7-10H2,1-2H3,(H,20,23)(H,21,26)/t13-/m0/s1. The lowest BCUT2D eigenvalue weighted by molar-refractivity contribution is -0.141. The number of fused-ring (bicyclic) bond motifs is 1. The zero-order valence-corrected chi connectivity index (χ0v) is 16.4. The van der Waals surface area contributed by atoms with Gasteiger partial charge in [0, 0.05) is 6.42 Å². The number of rotatable bonds is 9. The van der Waals surface area contributed by atoms with E-state index in [1.807, 2.05) is 0 Å². The first-order chi connectivity index (χ1) is 14.3. The highest BCUT2D eigenvalue weighted by atomic mass is 16.5. The first-order valence-corrected chi connectivity index (χ1v) is 8.95. The fourth-order valence-electron chi connectivity index (χ4n) is 2.82. The first-order valence-electron chi connectivity index (χ1n) is 8.95. The second-order valence-corrected chi connectivity index (χ2v) is 6.23. The average Bonchev–Trinajstić information content (AvgIpc) is 3.01. The van der Waals surface area contributed by atoms with E-state index in [2.05, 4.69) is 20.1 Å². The number of carbonyl (C=O) groups is 6. The number of methoxy groups -OCH3 is 2. The molecule has 1 aliphatic rings. The van der Waals surface area contributed by atoms with Crippen LogP contribution in [0.2, 0.25) is 0 Å². The summed E-state index contributed by atoms with van der Waals surface area (Å²) in [6, 6.07) is 4.75. The molecule has 0 saturated heterocycles. The van der Waals surface area contributed by atoms with Gasteiger partial charge >= 0.3 is 11.9 Å². The topological polar surface area (TPSA) is 148 Å². The minimum Gasteiger partial charge on any atom is -0.468 e. The maximum atomic E-state index is 12.7. The van der Waals surface area contributed by atoms with E-state index in [0.29, 0.717) is 0 Å². The Kier molecular flexibility index (Phi) is 7.62. The molecular weight excluding hydrogens is 398 g/mol. The number of ether oxygens (including phenoxy) is 2. The van der Waals surface area contributed by atoms with Crippen molar-refractivity contribution in [3.8, 4) is 0 Å². The Bertz CT molecular complexity index is 847. The average molecular weight is 419 g/mol. The van der Waals surface area contributed by atoms with Gasteiger partial charge < -0.3 is 20.1 Å². The van der Waals surface area contributed by atoms with Crippen molar-refractivity contribution in [2.45, 2.75) is 18.9 Å². The van der Waals surface area contributed by atoms with Gasteiger partial charge in [0.1, 0.15) is 19.1 Å². The zero-order valence-electron chi connectivity index (χ0n) is 16.4. The van der Waals surface area contributed by atoms with Crippen LogP contribution in [0, 0.1) is 0 Å². The van der Waals surface area contributed by atoms with Gasteiger partial charge in [0.15, 0.2) is 0 Å². The quantitative estimate of drug-likeness (QED) is 0.383. The number of nitrogens with zero attached hydrogens (tertiary/aromatic N) is 1. The second kappa shape index (κ2) is 10.1. The lowest BCUT2D eigenvalue weighted by Gasteiger charge is -2.25. The lowest BCUT2D eigenvalue weighted by atomic mass is 10.1. The van der Waals surface area contributed by atoms with E-state index in [0.717, 1.165) is 12.0 Å². The van der Waals surface area contributed by atoms with E-state index in [1.165, 1.54) is 19.2 Å². The van der Waals surface area contributed by atoms with Gasteiger partial charge in [0.05, 0.1) is 25.3 Å². The molecule has 1 aromatic carbocycles. The van der Waals surface area contributed by atoms with Crippen molar-refractivity contribution in [2.24, 2.45) is 0 Å². The molecule has 0 saturated carbocycles. The molecular formula is C19H21N3O8. The molecule has 160 valence electrons. The molecule has 11 heteroatoms. The fourth-order valence-corrected chi connectivity index (χ4v) is 2.82. The molecule has 1 aliphatic heterocycles. The van der Waals surface area contributed by atoms with Crippen LogP contribution in [-0.2, 0) is 28.7 Å². The molecule has 0 unspecified atom stereocenters. The Morgan fingerprint density at radius 3 is 1.90 bits per heavy atom. The highest BCUT2D eigenvalue weighted by Crippen LogP contribution is 2.26. The van der Waals surface area contributed by atoms with Crippen LogP contribution >= 0.6 is 0 Å². The Morgan fingerprint density at radius 2 is 1.40 bits per heavy atom. The van der Waals surface area contributed by atoms with Crippen LogP contribution in [-0.4, -0.2) is 73.8 Å². The predicted molar refractivity (Wildman–Crippen MR) is 100 cm³/mol. The summed E-state index contributed by atoms with van der Waals surface area (Å²) in [5.41, 5.74) is 0.284.